The van der Waals surface area contributed by atoms with E-state index in [4.69, 9.17) is 18.9 Å². The molecule has 2 atom stereocenters. The maximum absolute atomic E-state index is 11.4. The van der Waals surface area contributed by atoms with Crippen molar-refractivity contribution in [3.63, 3.8) is 0 Å². The molecule has 6 heteroatoms. The smallest absolute Gasteiger partial charge is 0.378 e. The molecule has 1 fully saturated rings. The Morgan fingerprint density at radius 2 is 2.26 bits per heavy atom. The highest BCUT2D eigenvalue weighted by atomic mass is 16.8. The lowest BCUT2D eigenvalue weighted by Crippen LogP contribution is -2.33. The van der Waals surface area contributed by atoms with E-state index in [1.165, 1.54) is 0 Å². The van der Waals surface area contributed by atoms with Gasteiger partial charge >= 0.3 is 5.97 Å². The standard InChI is InChI=1S/C13H18O6/c1-4-5-6-16-11-9(14)12(15)18-10(11)8-7-17-13(2,3)19-8/h4-5,8,10,14H,6-7H2,1-3H3/b5-4+/t8-,10+/m0/s1. The molecular formula is C13H18O6. The summed E-state index contributed by atoms with van der Waals surface area (Å²) in [5.41, 5.74) is 0. The summed E-state index contributed by atoms with van der Waals surface area (Å²) in [6, 6.07) is 0. The third-order valence-corrected chi connectivity index (χ3v) is 2.86. The molecule has 0 aromatic heterocycles. The molecule has 0 aromatic rings. The highest BCUT2D eigenvalue weighted by Crippen LogP contribution is 2.32. The molecule has 0 amide bonds. The number of carbonyl (C=O) groups is 1. The summed E-state index contributed by atoms with van der Waals surface area (Å²) in [5.74, 6) is -1.92. The van der Waals surface area contributed by atoms with Crippen molar-refractivity contribution in [2.24, 2.45) is 0 Å². The average molecular weight is 270 g/mol. The van der Waals surface area contributed by atoms with Crippen LogP contribution in [0.3, 0.4) is 0 Å². The van der Waals surface area contributed by atoms with Gasteiger partial charge in [0, 0.05) is 0 Å². The van der Waals surface area contributed by atoms with Crippen molar-refractivity contribution < 1.29 is 28.8 Å². The van der Waals surface area contributed by atoms with Crippen LogP contribution in [0.1, 0.15) is 20.8 Å². The molecule has 0 unspecified atom stereocenters. The van der Waals surface area contributed by atoms with Crippen molar-refractivity contribution >= 4 is 5.97 Å². The first kappa shape index (κ1) is 13.9. The summed E-state index contributed by atoms with van der Waals surface area (Å²) in [5, 5.41) is 9.68. The topological polar surface area (TPSA) is 74.2 Å². The van der Waals surface area contributed by atoms with Crippen LogP contribution in [-0.4, -0.2) is 42.3 Å². The van der Waals surface area contributed by atoms with Crippen molar-refractivity contribution in [3.05, 3.63) is 23.7 Å². The van der Waals surface area contributed by atoms with Gasteiger partial charge in [0.1, 0.15) is 12.7 Å². The van der Waals surface area contributed by atoms with Crippen molar-refractivity contribution in [2.75, 3.05) is 13.2 Å². The Morgan fingerprint density at radius 3 is 2.84 bits per heavy atom. The molecule has 2 rings (SSSR count). The number of aliphatic hydroxyl groups excluding tert-OH is 1. The zero-order chi connectivity index (χ0) is 14.0. The van der Waals surface area contributed by atoms with Gasteiger partial charge in [0.25, 0.3) is 0 Å². The van der Waals surface area contributed by atoms with Crippen LogP contribution < -0.4 is 0 Å². The second-order valence-electron chi connectivity index (χ2n) is 4.79. The second-order valence-corrected chi connectivity index (χ2v) is 4.79. The first-order valence-corrected chi connectivity index (χ1v) is 6.14. The van der Waals surface area contributed by atoms with Gasteiger partial charge in [0.2, 0.25) is 5.76 Å². The van der Waals surface area contributed by atoms with Gasteiger partial charge < -0.3 is 24.1 Å². The fourth-order valence-electron chi connectivity index (χ4n) is 1.95. The minimum absolute atomic E-state index is 0.106. The number of hydrogen-bond acceptors (Lipinski definition) is 6. The van der Waals surface area contributed by atoms with Gasteiger partial charge in [-0.2, -0.15) is 0 Å². The van der Waals surface area contributed by atoms with Gasteiger partial charge in [0.05, 0.1) is 6.61 Å². The van der Waals surface area contributed by atoms with Gasteiger partial charge in [0.15, 0.2) is 17.7 Å². The minimum atomic E-state index is -0.797. The molecule has 0 spiro atoms. The quantitative estimate of drug-likeness (QED) is 0.615. The van der Waals surface area contributed by atoms with Gasteiger partial charge in [-0.05, 0) is 20.8 Å². The van der Waals surface area contributed by atoms with E-state index in [2.05, 4.69) is 0 Å². The first-order chi connectivity index (χ1) is 8.94. The third-order valence-electron chi connectivity index (χ3n) is 2.86. The molecule has 1 saturated heterocycles. The normalized spacial score (nSPS) is 30.2. The minimum Gasteiger partial charge on any atom is -0.499 e. The third kappa shape index (κ3) is 2.90. The fraction of sp³-hybridized carbons (Fsp3) is 0.615. The van der Waals surface area contributed by atoms with E-state index in [1.54, 1.807) is 19.9 Å². The molecule has 0 radical (unpaired) electrons. The average Bonchev–Trinajstić information content (AvgIpc) is 2.83. The Labute approximate surface area is 111 Å². The van der Waals surface area contributed by atoms with E-state index in [0.717, 1.165) is 0 Å². The summed E-state index contributed by atoms with van der Waals surface area (Å²) < 4.78 is 21.5. The van der Waals surface area contributed by atoms with Crippen LogP contribution in [0, 0.1) is 0 Å². The number of ether oxygens (including phenoxy) is 4. The molecule has 0 saturated carbocycles. The molecule has 2 aliphatic heterocycles. The molecule has 6 nitrogen and oxygen atoms in total. The predicted octanol–water partition coefficient (Wildman–Crippen LogP) is 1.43. The molecule has 19 heavy (non-hydrogen) atoms. The summed E-state index contributed by atoms with van der Waals surface area (Å²) in [4.78, 5) is 11.4. The first-order valence-electron chi connectivity index (χ1n) is 6.14. The lowest BCUT2D eigenvalue weighted by Gasteiger charge is -2.21. The molecular weight excluding hydrogens is 252 g/mol. The molecule has 2 aliphatic rings. The lowest BCUT2D eigenvalue weighted by molar-refractivity contribution is -0.163. The molecule has 0 bridgehead atoms. The number of rotatable bonds is 4. The van der Waals surface area contributed by atoms with E-state index in [9.17, 15) is 9.90 Å². The van der Waals surface area contributed by atoms with Crippen LogP contribution in [-0.2, 0) is 23.7 Å². The molecule has 0 aliphatic carbocycles. The number of esters is 1. The second kappa shape index (κ2) is 5.22. The zero-order valence-corrected chi connectivity index (χ0v) is 11.2. The Morgan fingerprint density at radius 1 is 1.53 bits per heavy atom. The van der Waals surface area contributed by atoms with Crippen LogP contribution >= 0.6 is 0 Å². The largest absolute Gasteiger partial charge is 0.499 e. The van der Waals surface area contributed by atoms with E-state index in [-0.39, 0.29) is 19.0 Å². The Balaban J connectivity index is 2.10. The molecule has 106 valence electrons. The SMILES string of the molecule is C/C=C/COC1=C(O)C(=O)O[C@@H]1[C@@H]1COC(C)(C)O1. The maximum atomic E-state index is 11.4. The van der Waals surface area contributed by atoms with Gasteiger partial charge in [-0.1, -0.05) is 12.2 Å². The maximum Gasteiger partial charge on any atom is 0.378 e. The van der Waals surface area contributed by atoms with Gasteiger partial charge in [-0.3, -0.25) is 0 Å². The van der Waals surface area contributed by atoms with Crippen LogP contribution in [0.5, 0.6) is 0 Å². The number of carbonyl (C=O) groups excluding carboxylic acids is 1. The predicted molar refractivity (Wildman–Crippen MR) is 65.2 cm³/mol. The zero-order valence-electron chi connectivity index (χ0n) is 11.2. The summed E-state index contributed by atoms with van der Waals surface area (Å²) in [6.45, 7) is 5.91. The van der Waals surface area contributed by atoms with E-state index in [0.29, 0.717) is 0 Å². The van der Waals surface area contributed by atoms with Crippen molar-refractivity contribution in [3.8, 4) is 0 Å². The van der Waals surface area contributed by atoms with Crippen LogP contribution in [0.25, 0.3) is 0 Å². The Bertz CT molecular complexity index is 423. The fourth-order valence-corrected chi connectivity index (χ4v) is 1.95. The summed E-state index contributed by atoms with van der Waals surface area (Å²) >= 11 is 0. The number of cyclic esters (lactones) is 1. The van der Waals surface area contributed by atoms with Crippen LogP contribution in [0.2, 0.25) is 0 Å². The lowest BCUT2D eigenvalue weighted by atomic mass is 10.2. The summed E-state index contributed by atoms with van der Waals surface area (Å²) in [6.07, 6.45) is 2.32. The monoisotopic (exact) mass is 270 g/mol. The van der Waals surface area contributed by atoms with Crippen molar-refractivity contribution in [2.45, 2.75) is 38.8 Å². The Kier molecular flexibility index (Phi) is 3.82. The highest BCUT2D eigenvalue weighted by molar-refractivity contribution is 5.89. The van der Waals surface area contributed by atoms with Gasteiger partial charge in [-0.25, -0.2) is 4.79 Å². The molecule has 2 heterocycles. The Hall–Kier alpha value is -1.53. The van der Waals surface area contributed by atoms with E-state index in [1.807, 2.05) is 13.0 Å². The molecule has 0 aromatic carbocycles. The molecule has 1 N–H and O–H groups in total. The van der Waals surface area contributed by atoms with Crippen LogP contribution in [0.15, 0.2) is 23.7 Å². The van der Waals surface area contributed by atoms with Crippen molar-refractivity contribution in [1.82, 2.24) is 0 Å². The number of hydrogen-bond donors (Lipinski definition) is 1. The highest BCUT2D eigenvalue weighted by Gasteiger charge is 2.47. The number of allylic oxidation sites excluding steroid dienone is 1. The summed E-state index contributed by atoms with van der Waals surface area (Å²) in [7, 11) is 0. The van der Waals surface area contributed by atoms with Crippen molar-refractivity contribution in [1.29, 1.82) is 0 Å². The van der Waals surface area contributed by atoms with Crippen LogP contribution in [0.4, 0.5) is 0 Å². The number of aliphatic hydroxyl groups is 1. The van der Waals surface area contributed by atoms with E-state index >= 15 is 0 Å². The van der Waals surface area contributed by atoms with E-state index < -0.39 is 29.7 Å². The van der Waals surface area contributed by atoms with Gasteiger partial charge in [-0.15, -0.1) is 0 Å².